The molecule has 134 valence electrons. The van der Waals surface area contributed by atoms with Crippen LogP contribution in [0.1, 0.15) is 44.6 Å². The molecule has 0 aromatic heterocycles. The largest absolute Gasteiger partial charge is 0.544 e. The van der Waals surface area contributed by atoms with E-state index >= 15 is 0 Å². The van der Waals surface area contributed by atoms with Gasteiger partial charge in [0.1, 0.15) is 6.04 Å². The van der Waals surface area contributed by atoms with Gasteiger partial charge in [-0.25, -0.2) is 0 Å². The standard InChI is InChI=1S/C18H29N3O3/c1-2-14-9-5-6-10-15(14)21-17(22)13-16(18(23)24)20-12-8-4-3-7-11-19/h5-6,9-10,16,20H,2-4,7-8,11-13,19H2,1H3,(H,21,22)(H,23,24)/p+1/t16-/m1/s1. The van der Waals surface area contributed by atoms with Crippen molar-refractivity contribution in [2.45, 2.75) is 51.5 Å². The zero-order chi connectivity index (χ0) is 17.8. The fraction of sp³-hybridized carbons (Fsp3) is 0.556. The summed E-state index contributed by atoms with van der Waals surface area (Å²) in [6.45, 7) is 3.64. The van der Waals surface area contributed by atoms with Crippen molar-refractivity contribution in [3.05, 3.63) is 29.8 Å². The lowest BCUT2D eigenvalue weighted by Crippen LogP contribution is -2.93. The van der Waals surface area contributed by atoms with Gasteiger partial charge in [0.25, 0.3) is 0 Å². The molecule has 0 aliphatic rings. The van der Waals surface area contributed by atoms with Gasteiger partial charge < -0.3 is 26.3 Å². The predicted octanol–water partition coefficient (Wildman–Crippen LogP) is -0.938. The second-order valence-corrected chi connectivity index (χ2v) is 5.98. The molecule has 0 radical (unpaired) electrons. The molecule has 0 aliphatic carbocycles. The molecule has 0 fully saturated rings. The van der Waals surface area contributed by atoms with Gasteiger partial charge in [0.2, 0.25) is 5.91 Å². The predicted molar refractivity (Wildman–Crippen MR) is 90.9 cm³/mol. The zero-order valence-corrected chi connectivity index (χ0v) is 14.6. The van der Waals surface area contributed by atoms with Crippen LogP contribution in [0, 0.1) is 0 Å². The number of quaternary nitrogens is 2. The number of anilines is 1. The number of para-hydroxylation sites is 1. The van der Waals surface area contributed by atoms with Gasteiger partial charge >= 0.3 is 0 Å². The zero-order valence-electron chi connectivity index (χ0n) is 14.6. The number of hydrogen-bond donors (Lipinski definition) is 3. The molecule has 24 heavy (non-hydrogen) atoms. The maximum Gasteiger partial charge on any atom is 0.230 e. The Kier molecular flexibility index (Phi) is 9.72. The van der Waals surface area contributed by atoms with Crippen LogP contribution in [0.5, 0.6) is 0 Å². The average Bonchev–Trinajstić information content (AvgIpc) is 2.57. The summed E-state index contributed by atoms with van der Waals surface area (Å²) in [5.41, 5.74) is 5.57. The van der Waals surface area contributed by atoms with Gasteiger partial charge in [0.15, 0.2) is 0 Å². The lowest BCUT2D eigenvalue weighted by Gasteiger charge is -2.17. The van der Waals surface area contributed by atoms with E-state index in [4.69, 9.17) is 0 Å². The Morgan fingerprint density at radius 2 is 1.92 bits per heavy atom. The Labute approximate surface area is 143 Å². The molecule has 0 saturated carbocycles. The van der Waals surface area contributed by atoms with E-state index in [0.29, 0.717) is 6.54 Å². The highest BCUT2D eigenvalue weighted by Gasteiger charge is 2.18. The van der Waals surface area contributed by atoms with Gasteiger partial charge in [-0.3, -0.25) is 4.79 Å². The number of carbonyl (C=O) groups is 2. The van der Waals surface area contributed by atoms with Crippen LogP contribution in [-0.2, 0) is 16.0 Å². The summed E-state index contributed by atoms with van der Waals surface area (Å²) in [6.07, 6.45) is 4.93. The SMILES string of the molecule is CCc1ccccc1NC(=O)C[C@@H]([NH2+]CCCCCC[NH3+])C(=O)[O-]. The quantitative estimate of drug-likeness (QED) is 0.428. The summed E-state index contributed by atoms with van der Waals surface area (Å²) in [6, 6.07) is 6.71. The topological polar surface area (TPSA) is 113 Å². The first-order valence-electron chi connectivity index (χ1n) is 8.79. The van der Waals surface area contributed by atoms with Crippen LogP contribution < -0.4 is 21.5 Å². The molecule has 6 N–H and O–H groups in total. The van der Waals surface area contributed by atoms with E-state index in [1.54, 1.807) is 5.32 Å². The van der Waals surface area contributed by atoms with Crippen LogP contribution >= 0.6 is 0 Å². The number of unbranched alkanes of at least 4 members (excludes halogenated alkanes) is 3. The van der Waals surface area contributed by atoms with Crippen molar-refractivity contribution in [1.29, 1.82) is 0 Å². The molecule has 0 aliphatic heterocycles. The van der Waals surface area contributed by atoms with Crippen LogP contribution in [0.3, 0.4) is 0 Å². The van der Waals surface area contributed by atoms with Crippen molar-refractivity contribution < 1.29 is 25.7 Å². The number of aryl methyl sites for hydroxylation is 1. The normalized spacial score (nSPS) is 11.9. The molecule has 0 bridgehead atoms. The molecule has 1 aromatic rings. The first-order chi connectivity index (χ1) is 11.6. The highest BCUT2D eigenvalue weighted by Crippen LogP contribution is 2.15. The molecule has 0 saturated heterocycles. The smallest absolute Gasteiger partial charge is 0.230 e. The van der Waals surface area contributed by atoms with Crippen LogP contribution in [0.25, 0.3) is 0 Å². The van der Waals surface area contributed by atoms with E-state index in [1.807, 2.05) is 31.2 Å². The number of aliphatic carboxylic acids is 1. The van der Waals surface area contributed by atoms with Crippen LogP contribution in [0.15, 0.2) is 24.3 Å². The van der Waals surface area contributed by atoms with Crippen molar-refractivity contribution in [3.63, 3.8) is 0 Å². The van der Waals surface area contributed by atoms with Crippen LogP contribution in [0.2, 0.25) is 0 Å². The number of nitrogens with two attached hydrogens (primary N) is 1. The number of carbonyl (C=O) groups excluding carboxylic acids is 2. The monoisotopic (exact) mass is 336 g/mol. The highest BCUT2D eigenvalue weighted by molar-refractivity contribution is 5.93. The molecule has 0 spiro atoms. The summed E-state index contributed by atoms with van der Waals surface area (Å²) in [5.74, 6) is -1.48. The molecule has 1 amide bonds. The fourth-order valence-corrected chi connectivity index (χ4v) is 2.61. The van der Waals surface area contributed by atoms with Gasteiger partial charge in [-0.15, -0.1) is 0 Å². The van der Waals surface area contributed by atoms with Gasteiger partial charge in [0.05, 0.1) is 25.5 Å². The Hall–Kier alpha value is -1.92. The van der Waals surface area contributed by atoms with E-state index in [0.717, 1.165) is 49.9 Å². The molecule has 0 heterocycles. The van der Waals surface area contributed by atoms with Gasteiger partial charge in [-0.1, -0.05) is 25.1 Å². The Balaban J connectivity index is 2.43. The number of benzene rings is 1. The van der Waals surface area contributed by atoms with Crippen LogP contribution in [-0.4, -0.2) is 31.0 Å². The minimum absolute atomic E-state index is 0.0841. The number of carboxylic acid groups (broad SMARTS) is 1. The maximum atomic E-state index is 12.1. The highest BCUT2D eigenvalue weighted by atomic mass is 16.4. The lowest BCUT2D eigenvalue weighted by atomic mass is 10.1. The van der Waals surface area contributed by atoms with Gasteiger partial charge in [-0.2, -0.15) is 0 Å². The fourth-order valence-electron chi connectivity index (χ4n) is 2.61. The molecule has 1 aromatic carbocycles. The van der Waals surface area contributed by atoms with E-state index in [9.17, 15) is 14.7 Å². The van der Waals surface area contributed by atoms with Crippen molar-refractivity contribution in [2.24, 2.45) is 0 Å². The Bertz CT molecular complexity index is 520. The second-order valence-electron chi connectivity index (χ2n) is 5.98. The molecule has 6 nitrogen and oxygen atoms in total. The minimum Gasteiger partial charge on any atom is -0.544 e. The van der Waals surface area contributed by atoms with Crippen molar-refractivity contribution in [2.75, 3.05) is 18.4 Å². The first kappa shape index (κ1) is 20.1. The number of hydrogen-bond acceptors (Lipinski definition) is 3. The Morgan fingerprint density at radius 3 is 2.58 bits per heavy atom. The summed E-state index contributed by atoms with van der Waals surface area (Å²) in [7, 11) is 0. The molecule has 1 rings (SSSR count). The molecule has 0 unspecified atom stereocenters. The lowest BCUT2D eigenvalue weighted by molar-refractivity contribution is -0.682. The average molecular weight is 336 g/mol. The van der Waals surface area contributed by atoms with Gasteiger partial charge in [0, 0.05) is 5.69 Å². The third kappa shape index (κ3) is 7.57. The first-order valence-corrected chi connectivity index (χ1v) is 8.79. The maximum absolute atomic E-state index is 12.1. The summed E-state index contributed by atoms with van der Waals surface area (Å²) in [5, 5.41) is 15.8. The van der Waals surface area contributed by atoms with E-state index in [1.165, 1.54) is 0 Å². The summed E-state index contributed by atoms with van der Waals surface area (Å²) >= 11 is 0. The minimum atomic E-state index is -1.19. The Morgan fingerprint density at radius 1 is 1.21 bits per heavy atom. The third-order valence-corrected chi connectivity index (χ3v) is 4.04. The summed E-state index contributed by atoms with van der Waals surface area (Å²) < 4.78 is 0. The van der Waals surface area contributed by atoms with E-state index in [2.05, 4.69) is 11.1 Å². The molecule has 1 atom stereocenters. The number of nitrogens with one attached hydrogen (secondary N) is 1. The van der Waals surface area contributed by atoms with Crippen molar-refractivity contribution in [1.82, 2.24) is 0 Å². The van der Waals surface area contributed by atoms with E-state index < -0.39 is 12.0 Å². The summed E-state index contributed by atoms with van der Waals surface area (Å²) in [4.78, 5) is 23.4. The molecular formula is C18H30N3O3+. The van der Waals surface area contributed by atoms with Crippen molar-refractivity contribution >= 4 is 17.6 Å². The third-order valence-electron chi connectivity index (χ3n) is 4.04. The van der Waals surface area contributed by atoms with Crippen LogP contribution in [0.4, 0.5) is 5.69 Å². The number of rotatable bonds is 12. The van der Waals surface area contributed by atoms with Crippen molar-refractivity contribution in [3.8, 4) is 0 Å². The van der Waals surface area contributed by atoms with E-state index in [-0.39, 0.29) is 12.3 Å². The number of amides is 1. The van der Waals surface area contributed by atoms with Gasteiger partial charge in [-0.05, 0) is 43.7 Å². The second kappa shape index (κ2) is 11.6. The number of carboxylic acids is 1. The molecular weight excluding hydrogens is 306 g/mol. The molecule has 6 heteroatoms.